The van der Waals surface area contributed by atoms with E-state index in [1.54, 1.807) is 20.8 Å². The minimum absolute atomic E-state index is 0.150. The van der Waals surface area contributed by atoms with Crippen LogP contribution in [0, 0.1) is 0 Å². The van der Waals surface area contributed by atoms with Crippen LogP contribution in [0.1, 0.15) is 20.8 Å². The molecule has 2 N–H and O–H groups in total. The lowest BCUT2D eigenvalue weighted by molar-refractivity contribution is 0.0635. The maximum atomic E-state index is 11.4. The molecular weight excluding hydrogens is 276 g/mol. The molecule has 0 saturated carbocycles. The zero-order valence-electron chi connectivity index (χ0n) is 9.26. The second-order valence-corrected chi connectivity index (χ2v) is 5.04. The van der Waals surface area contributed by atoms with Crippen molar-refractivity contribution in [3.05, 3.63) is 27.1 Å². The van der Waals surface area contributed by atoms with Crippen LogP contribution in [0.2, 0.25) is 0 Å². The number of rotatable bonds is 1. The average Bonchev–Trinajstić information content (AvgIpc) is 2.06. The molecular formula is C10H13BrN2O3. The summed E-state index contributed by atoms with van der Waals surface area (Å²) in [5.41, 5.74) is -0.736. The number of H-pyrrole nitrogens is 1. The van der Waals surface area contributed by atoms with E-state index in [0.717, 1.165) is 0 Å². The maximum absolute atomic E-state index is 11.4. The normalized spacial score (nSPS) is 11.0. The number of amides is 1. The number of carbonyl (C=O) groups is 1. The van der Waals surface area contributed by atoms with Gasteiger partial charge in [-0.25, -0.2) is 4.79 Å². The number of hydrogen-bond donors (Lipinski definition) is 2. The number of pyridine rings is 1. The smallest absolute Gasteiger partial charge is 0.412 e. The van der Waals surface area contributed by atoms with Gasteiger partial charge in [-0.15, -0.1) is 0 Å². The van der Waals surface area contributed by atoms with Crippen LogP contribution in [-0.2, 0) is 4.74 Å². The molecule has 6 heteroatoms. The third-order valence-corrected chi connectivity index (χ3v) is 1.97. The van der Waals surface area contributed by atoms with Crippen molar-refractivity contribution in [3.8, 4) is 0 Å². The summed E-state index contributed by atoms with van der Waals surface area (Å²) in [6, 6.07) is 1.33. The Morgan fingerprint density at radius 1 is 1.50 bits per heavy atom. The molecule has 0 spiro atoms. The molecule has 0 fully saturated rings. The molecule has 1 amide bonds. The van der Waals surface area contributed by atoms with Crippen LogP contribution >= 0.6 is 15.9 Å². The Kier molecular flexibility index (Phi) is 3.74. The molecule has 1 rings (SSSR count). The molecule has 88 valence electrons. The van der Waals surface area contributed by atoms with Crippen LogP contribution in [0.3, 0.4) is 0 Å². The molecule has 0 aromatic carbocycles. The van der Waals surface area contributed by atoms with Crippen molar-refractivity contribution in [1.82, 2.24) is 4.98 Å². The first kappa shape index (κ1) is 12.8. The topological polar surface area (TPSA) is 71.2 Å². The van der Waals surface area contributed by atoms with Crippen LogP contribution < -0.4 is 10.7 Å². The van der Waals surface area contributed by atoms with Gasteiger partial charge in [-0.05, 0) is 36.7 Å². The fraction of sp³-hybridized carbons (Fsp3) is 0.400. The van der Waals surface area contributed by atoms with Gasteiger partial charge in [0.1, 0.15) is 11.3 Å². The van der Waals surface area contributed by atoms with E-state index < -0.39 is 11.7 Å². The zero-order chi connectivity index (χ0) is 12.3. The van der Waals surface area contributed by atoms with E-state index in [0.29, 0.717) is 4.60 Å². The first-order valence-electron chi connectivity index (χ1n) is 4.66. The summed E-state index contributed by atoms with van der Waals surface area (Å²) in [7, 11) is 0. The Balaban J connectivity index is 2.74. The molecule has 0 bridgehead atoms. The molecule has 0 radical (unpaired) electrons. The molecule has 0 atom stereocenters. The van der Waals surface area contributed by atoms with Crippen molar-refractivity contribution in [2.45, 2.75) is 26.4 Å². The largest absolute Gasteiger partial charge is 0.444 e. The zero-order valence-corrected chi connectivity index (χ0v) is 10.8. The summed E-state index contributed by atoms with van der Waals surface area (Å²) in [4.78, 5) is 25.5. The molecule has 0 aliphatic rings. The number of aromatic nitrogens is 1. The van der Waals surface area contributed by atoms with Gasteiger partial charge in [0.15, 0.2) is 0 Å². The van der Waals surface area contributed by atoms with Gasteiger partial charge in [0.25, 0.3) is 0 Å². The van der Waals surface area contributed by atoms with Gasteiger partial charge in [0.05, 0.1) is 4.60 Å². The van der Waals surface area contributed by atoms with Gasteiger partial charge >= 0.3 is 6.09 Å². The van der Waals surface area contributed by atoms with Crippen LogP contribution in [0.25, 0.3) is 0 Å². The highest BCUT2D eigenvalue weighted by Crippen LogP contribution is 2.09. The van der Waals surface area contributed by atoms with Gasteiger partial charge in [-0.2, -0.15) is 0 Å². The van der Waals surface area contributed by atoms with Crippen molar-refractivity contribution in [3.63, 3.8) is 0 Å². The summed E-state index contributed by atoms with van der Waals surface area (Å²) in [5.74, 6) is 0. The van der Waals surface area contributed by atoms with Gasteiger partial charge in [-0.1, -0.05) is 0 Å². The molecule has 0 aliphatic heterocycles. The molecule has 1 aromatic heterocycles. The van der Waals surface area contributed by atoms with Crippen molar-refractivity contribution in [1.29, 1.82) is 0 Å². The SMILES string of the molecule is CC(C)(C)OC(=O)Nc1c[nH]c(Br)cc1=O. The molecule has 1 heterocycles. The highest BCUT2D eigenvalue weighted by Gasteiger charge is 2.16. The highest BCUT2D eigenvalue weighted by atomic mass is 79.9. The van der Waals surface area contributed by atoms with Gasteiger partial charge in [0, 0.05) is 12.3 Å². The summed E-state index contributed by atoms with van der Waals surface area (Å²) in [5, 5.41) is 2.37. The lowest BCUT2D eigenvalue weighted by Crippen LogP contribution is -2.28. The summed E-state index contributed by atoms with van der Waals surface area (Å²) >= 11 is 3.11. The molecule has 5 nitrogen and oxygen atoms in total. The first-order chi connectivity index (χ1) is 7.28. The van der Waals surface area contributed by atoms with E-state index in [4.69, 9.17) is 4.74 Å². The third kappa shape index (κ3) is 4.06. The molecule has 16 heavy (non-hydrogen) atoms. The van der Waals surface area contributed by atoms with E-state index in [2.05, 4.69) is 26.2 Å². The molecule has 0 saturated heterocycles. The minimum atomic E-state index is -0.652. The summed E-state index contributed by atoms with van der Waals surface area (Å²) in [6.45, 7) is 5.25. The summed E-state index contributed by atoms with van der Waals surface area (Å²) in [6.07, 6.45) is 0.747. The fourth-order valence-corrected chi connectivity index (χ4v) is 1.28. The standard InChI is InChI=1S/C10H13BrN2O3/c1-10(2,3)16-9(15)13-6-5-12-8(11)4-7(6)14/h4-5H,1-3H3,(H,12,14)(H,13,15). The first-order valence-corrected chi connectivity index (χ1v) is 5.45. The number of carbonyl (C=O) groups excluding carboxylic acids is 1. The second kappa shape index (κ2) is 4.69. The Morgan fingerprint density at radius 2 is 2.12 bits per heavy atom. The number of anilines is 1. The van der Waals surface area contributed by atoms with Crippen molar-refractivity contribution in [2.75, 3.05) is 5.32 Å². The van der Waals surface area contributed by atoms with Crippen molar-refractivity contribution >= 4 is 27.7 Å². The summed E-state index contributed by atoms with van der Waals surface area (Å²) < 4.78 is 5.56. The number of nitrogens with one attached hydrogen (secondary N) is 2. The molecule has 0 unspecified atom stereocenters. The van der Waals surface area contributed by atoms with Crippen LogP contribution in [0.15, 0.2) is 21.7 Å². The predicted octanol–water partition coefficient (Wildman–Crippen LogP) is 2.48. The van der Waals surface area contributed by atoms with Gasteiger partial charge in [-0.3, -0.25) is 10.1 Å². The van der Waals surface area contributed by atoms with Gasteiger partial charge in [0.2, 0.25) is 5.43 Å². The lowest BCUT2D eigenvalue weighted by Gasteiger charge is -2.19. The Labute approximate surface area is 101 Å². The maximum Gasteiger partial charge on any atom is 0.412 e. The minimum Gasteiger partial charge on any atom is -0.444 e. The van der Waals surface area contributed by atoms with Crippen LogP contribution in [0.5, 0.6) is 0 Å². The Hall–Kier alpha value is -1.30. The highest BCUT2D eigenvalue weighted by molar-refractivity contribution is 9.10. The Morgan fingerprint density at radius 3 is 2.62 bits per heavy atom. The van der Waals surface area contributed by atoms with E-state index >= 15 is 0 Å². The van der Waals surface area contributed by atoms with E-state index in [-0.39, 0.29) is 11.1 Å². The average molecular weight is 289 g/mol. The number of halogens is 1. The van der Waals surface area contributed by atoms with Crippen LogP contribution in [0.4, 0.5) is 10.5 Å². The quantitative estimate of drug-likeness (QED) is 0.780. The predicted molar refractivity (Wildman–Crippen MR) is 64.6 cm³/mol. The fourth-order valence-electron chi connectivity index (χ4n) is 0.958. The lowest BCUT2D eigenvalue weighted by atomic mass is 10.2. The number of hydrogen-bond acceptors (Lipinski definition) is 3. The van der Waals surface area contributed by atoms with Crippen molar-refractivity contribution < 1.29 is 9.53 Å². The second-order valence-electron chi connectivity index (χ2n) is 4.19. The van der Waals surface area contributed by atoms with Gasteiger partial charge < -0.3 is 9.72 Å². The number of ether oxygens (including phenoxy) is 1. The monoisotopic (exact) mass is 288 g/mol. The Bertz CT molecular complexity index is 448. The third-order valence-electron chi connectivity index (χ3n) is 1.51. The van der Waals surface area contributed by atoms with Crippen LogP contribution in [-0.4, -0.2) is 16.7 Å². The van der Waals surface area contributed by atoms with E-state index in [1.165, 1.54) is 12.3 Å². The van der Waals surface area contributed by atoms with E-state index in [9.17, 15) is 9.59 Å². The number of aromatic amines is 1. The van der Waals surface area contributed by atoms with Crippen molar-refractivity contribution in [2.24, 2.45) is 0 Å². The van der Waals surface area contributed by atoms with E-state index in [1.807, 2.05) is 0 Å². The molecule has 0 aliphatic carbocycles. The molecule has 1 aromatic rings.